The highest BCUT2D eigenvalue weighted by molar-refractivity contribution is 6.03. The number of hydrogen-bond donors (Lipinski definition) is 2. The molecule has 1 aliphatic heterocycles. The monoisotopic (exact) mass is 370 g/mol. The van der Waals surface area contributed by atoms with Gasteiger partial charge in [0.15, 0.2) is 5.78 Å². The maximum Gasteiger partial charge on any atom is 0.343 e. The van der Waals surface area contributed by atoms with Crippen LogP contribution in [-0.2, 0) is 0 Å². The normalized spacial score (nSPS) is 15.4. The van der Waals surface area contributed by atoms with Crippen molar-refractivity contribution in [1.29, 1.82) is 0 Å². The van der Waals surface area contributed by atoms with Crippen molar-refractivity contribution in [2.45, 2.75) is 0 Å². The van der Waals surface area contributed by atoms with Crippen LogP contribution in [0, 0.1) is 0 Å². The summed E-state index contributed by atoms with van der Waals surface area (Å²) in [7, 11) is 2.02. The summed E-state index contributed by atoms with van der Waals surface area (Å²) in [5, 5.41) is 20.4. The smallest absolute Gasteiger partial charge is 0.343 e. The highest BCUT2D eigenvalue weighted by Gasteiger charge is 2.23. The Morgan fingerprint density at radius 2 is 1.59 bits per heavy atom. The molecule has 0 atom stereocenters. The number of rotatable bonds is 5. The summed E-state index contributed by atoms with van der Waals surface area (Å²) in [6.07, 6.45) is 0. The van der Waals surface area contributed by atoms with E-state index < -0.39 is 17.5 Å². The van der Waals surface area contributed by atoms with E-state index in [0.717, 1.165) is 38.3 Å². The Morgan fingerprint density at radius 3 is 2.19 bits per heavy atom. The molecule has 0 bridgehead atoms. The molecule has 0 aromatic heterocycles. The van der Waals surface area contributed by atoms with Gasteiger partial charge in [-0.3, -0.25) is 9.69 Å². The highest BCUT2D eigenvalue weighted by atomic mass is 16.5. The molecule has 0 saturated carbocycles. The number of phenolic OH excluding ortho intramolecular Hbond substituents is 2. The van der Waals surface area contributed by atoms with Gasteiger partial charge in [-0.2, -0.15) is 0 Å². The lowest BCUT2D eigenvalue weighted by Gasteiger charge is -2.31. The lowest BCUT2D eigenvalue weighted by Crippen LogP contribution is -2.46. The van der Waals surface area contributed by atoms with Crippen LogP contribution >= 0.6 is 0 Å². The molecule has 1 aliphatic rings. The van der Waals surface area contributed by atoms with Gasteiger partial charge in [0.2, 0.25) is 0 Å². The fraction of sp³-hybridized carbons (Fsp3) is 0.300. The van der Waals surface area contributed by atoms with E-state index in [1.807, 2.05) is 11.9 Å². The molecule has 27 heavy (non-hydrogen) atoms. The van der Waals surface area contributed by atoms with Crippen LogP contribution in [0.1, 0.15) is 20.7 Å². The molecule has 7 heteroatoms. The van der Waals surface area contributed by atoms with Crippen LogP contribution in [0.25, 0.3) is 0 Å². The van der Waals surface area contributed by atoms with E-state index in [-0.39, 0.29) is 23.6 Å². The predicted molar refractivity (Wildman–Crippen MR) is 99.4 cm³/mol. The zero-order valence-corrected chi connectivity index (χ0v) is 15.1. The average Bonchev–Trinajstić information content (AvgIpc) is 2.64. The number of ketones is 1. The molecule has 1 fully saturated rings. The van der Waals surface area contributed by atoms with Gasteiger partial charge in [-0.1, -0.05) is 18.2 Å². The molecular formula is C20H22N2O5. The maximum absolute atomic E-state index is 12.5. The zero-order chi connectivity index (χ0) is 19.4. The Labute approximate surface area is 157 Å². The number of aromatic hydroxyl groups is 2. The Kier molecular flexibility index (Phi) is 5.73. The minimum atomic E-state index is -0.620. The first-order valence-corrected chi connectivity index (χ1v) is 8.71. The summed E-state index contributed by atoms with van der Waals surface area (Å²) in [6.45, 7) is 3.32. The van der Waals surface area contributed by atoms with E-state index in [1.165, 1.54) is 0 Å². The van der Waals surface area contributed by atoms with Crippen molar-refractivity contribution < 1.29 is 24.5 Å². The van der Waals surface area contributed by atoms with Crippen LogP contribution in [0.2, 0.25) is 0 Å². The molecule has 7 nitrogen and oxygen atoms in total. The first-order chi connectivity index (χ1) is 12.9. The molecule has 1 saturated heterocycles. The molecule has 2 N–H and O–H groups in total. The molecule has 0 amide bonds. The van der Waals surface area contributed by atoms with Crippen molar-refractivity contribution >= 4 is 11.8 Å². The van der Waals surface area contributed by atoms with Gasteiger partial charge in [0.1, 0.15) is 22.8 Å². The lowest BCUT2D eigenvalue weighted by molar-refractivity contribution is 0.0734. The summed E-state index contributed by atoms with van der Waals surface area (Å²) in [5.41, 5.74) is 0.181. The van der Waals surface area contributed by atoms with Gasteiger partial charge >= 0.3 is 5.97 Å². The fourth-order valence-electron chi connectivity index (χ4n) is 2.96. The van der Waals surface area contributed by atoms with Gasteiger partial charge in [0.05, 0.1) is 12.1 Å². The SMILES string of the molecule is CN1CCN(CC(=O)c2c(O)cc(OC(=O)c3ccccc3)cc2O)CC1. The largest absolute Gasteiger partial charge is 0.507 e. The van der Waals surface area contributed by atoms with E-state index in [0.29, 0.717) is 5.56 Å². The summed E-state index contributed by atoms with van der Waals surface area (Å²) < 4.78 is 5.17. The van der Waals surface area contributed by atoms with Crippen molar-refractivity contribution in [2.24, 2.45) is 0 Å². The lowest BCUT2D eigenvalue weighted by atomic mass is 10.1. The van der Waals surface area contributed by atoms with Crippen molar-refractivity contribution in [2.75, 3.05) is 39.8 Å². The van der Waals surface area contributed by atoms with Crippen LogP contribution in [0.4, 0.5) is 0 Å². The number of hydrogen-bond acceptors (Lipinski definition) is 7. The van der Waals surface area contributed by atoms with Crippen LogP contribution in [0.5, 0.6) is 17.2 Å². The number of piperazine rings is 1. The molecule has 0 radical (unpaired) electrons. The Balaban J connectivity index is 1.71. The molecular weight excluding hydrogens is 348 g/mol. The second kappa shape index (κ2) is 8.20. The van der Waals surface area contributed by atoms with Crippen LogP contribution in [0.3, 0.4) is 0 Å². The second-order valence-corrected chi connectivity index (χ2v) is 6.59. The summed E-state index contributed by atoms with van der Waals surface area (Å²) >= 11 is 0. The van der Waals surface area contributed by atoms with Gasteiger partial charge in [0.25, 0.3) is 0 Å². The number of esters is 1. The Bertz CT molecular complexity index is 807. The molecule has 2 aromatic rings. The van der Waals surface area contributed by atoms with Gasteiger partial charge < -0.3 is 19.8 Å². The predicted octanol–water partition coefficient (Wildman–Crippen LogP) is 1.75. The molecule has 0 unspecified atom stereocenters. The first kappa shape index (κ1) is 18.9. The standard InChI is InChI=1S/C20H22N2O5/c1-21-7-9-22(10-8-21)13-18(25)19-16(23)11-15(12-17(19)24)27-20(26)14-5-3-2-4-6-14/h2-6,11-12,23-24H,7-10,13H2,1H3. The van der Waals surface area contributed by atoms with Gasteiger partial charge in [-0.25, -0.2) is 4.79 Å². The van der Waals surface area contributed by atoms with Crippen molar-refractivity contribution in [1.82, 2.24) is 9.80 Å². The summed E-state index contributed by atoms with van der Waals surface area (Å²) in [6, 6.07) is 10.7. The van der Waals surface area contributed by atoms with E-state index in [4.69, 9.17) is 4.74 Å². The van der Waals surface area contributed by atoms with Crippen LogP contribution in [-0.4, -0.2) is 71.5 Å². The third kappa shape index (κ3) is 4.64. The van der Waals surface area contributed by atoms with Crippen LogP contribution in [0.15, 0.2) is 42.5 Å². The third-order valence-electron chi connectivity index (χ3n) is 4.53. The van der Waals surface area contributed by atoms with Crippen molar-refractivity contribution in [3.8, 4) is 17.2 Å². The van der Waals surface area contributed by atoms with E-state index in [2.05, 4.69) is 4.90 Å². The fourth-order valence-corrected chi connectivity index (χ4v) is 2.96. The number of carbonyl (C=O) groups is 2. The quantitative estimate of drug-likeness (QED) is 0.471. The number of ether oxygens (including phenoxy) is 1. The number of likely N-dealkylation sites (N-methyl/N-ethyl adjacent to an activating group) is 1. The molecule has 0 aliphatic carbocycles. The van der Waals surface area contributed by atoms with Crippen molar-refractivity contribution in [3.63, 3.8) is 0 Å². The minimum absolute atomic E-state index is 0.0324. The number of Topliss-reactive ketones (excluding diaryl/α,β-unsaturated/α-hetero) is 1. The summed E-state index contributed by atoms with van der Waals surface area (Å²) in [5.74, 6) is -1.86. The Morgan fingerprint density at radius 1 is 1.00 bits per heavy atom. The Hall–Kier alpha value is -2.90. The third-order valence-corrected chi connectivity index (χ3v) is 4.53. The molecule has 2 aromatic carbocycles. The van der Waals surface area contributed by atoms with E-state index >= 15 is 0 Å². The topological polar surface area (TPSA) is 90.3 Å². The number of benzene rings is 2. The first-order valence-electron chi connectivity index (χ1n) is 8.71. The van der Waals surface area contributed by atoms with Gasteiger partial charge in [0, 0.05) is 38.3 Å². The van der Waals surface area contributed by atoms with E-state index in [1.54, 1.807) is 30.3 Å². The highest BCUT2D eigenvalue weighted by Crippen LogP contribution is 2.33. The van der Waals surface area contributed by atoms with Crippen LogP contribution < -0.4 is 4.74 Å². The average molecular weight is 370 g/mol. The minimum Gasteiger partial charge on any atom is -0.507 e. The molecule has 1 heterocycles. The summed E-state index contributed by atoms with van der Waals surface area (Å²) in [4.78, 5) is 28.7. The molecule has 142 valence electrons. The second-order valence-electron chi connectivity index (χ2n) is 6.59. The van der Waals surface area contributed by atoms with Gasteiger partial charge in [-0.05, 0) is 19.2 Å². The maximum atomic E-state index is 12.5. The number of phenols is 2. The number of carbonyl (C=O) groups excluding carboxylic acids is 2. The van der Waals surface area contributed by atoms with Crippen molar-refractivity contribution in [3.05, 3.63) is 53.6 Å². The number of nitrogens with zero attached hydrogens (tertiary/aromatic N) is 2. The van der Waals surface area contributed by atoms with Gasteiger partial charge in [-0.15, -0.1) is 0 Å². The zero-order valence-electron chi connectivity index (χ0n) is 15.1. The van der Waals surface area contributed by atoms with E-state index in [9.17, 15) is 19.8 Å². The molecule has 0 spiro atoms. The molecule has 3 rings (SSSR count).